The number of hydrogen-bond acceptors (Lipinski definition) is 3. The van der Waals surface area contributed by atoms with Crippen molar-refractivity contribution < 1.29 is 23.4 Å². The van der Waals surface area contributed by atoms with Gasteiger partial charge in [0.15, 0.2) is 0 Å². The maximum absolute atomic E-state index is 11.9. The van der Waals surface area contributed by atoms with Crippen LogP contribution < -0.4 is 9.47 Å². The molecule has 1 rings (SSSR count). The molecule has 0 atom stereocenters. The van der Waals surface area contributed by atoms with Gasteiger partial charge in [-0.15, -0.1) is 0 Å². The number of aliphatic hydroxyl groups is 1. The number of halogens is 2. The van der Waals surface area contributed by atoms with Gasteiger partial charge >= 0.3 is 0 Å². The molecule has 0 amide bonds. The summed E-state index contributed by atoms with van der Waals surface area (Å²) >= 11 is 0. The molecule has 0 aliphatic carbocycles. The molecule has 3 nitrogen and oxygen atoms in total. The summed E-state index contributed by atoms with van der Waals surface area (Å²) in [7, 11) is 1.48. The van der Waals surface area contributed by atoms with Crippen LogP contribution in [0.15, 0.2) is 18.2 Å². The Morgan fingerprint density at radius 2 is 2.13 bits per heavy atom. The van der Waals surface area contributed by atoms with Crippen molar-refractivity contribution in [1.29, 1.82) is 0 Å². The summed E-state index contributed by atoms with van der Waals surface area (Å²) in [6.07, 6.45) is -2.53. The Balaban J connectivity index is 2.78. The number of benzene rings is 1. The third kappa shape index (κ3) is 3.36. The van der Waals surface area contributed by atoms with Gasteiger partial charge in [-0.25, -0.2) is 8.78 Å². The molecule has 0 aromatic heterocycles. The summed E-state index contributed by atoms with van der Waals surface area (Å²) < 4.78 is 33.5. The Morgan fingerprint density at radius 3 is 2.67 bits per heavy atom. The normalized spacial score (nSPS) is 10.5. The summed E-state index contributed by atoms with van der Waals surface area (Å²) in [6.45, 7) is -0.963. The molecular formula is C10H12F2O3. The standard InChI is InChI=1S/C10H12F2O3/c1-14-8-2-3-9(7(4-8)5-13)15-6-10(11)12/h2-4,10,13H,5-6H2,1H3. The van der Waals surface area contributed by atoms with E-state index in [1.807, 2.05) is 0 Å². The van der Waals surface area contributed by atoms with Crippen molar-refractivity contribution in [3.8, 4) is 11.5 Å². The lowest BCUT2D eigenvalue weighted by Gasteiger charge is -2.10. The monoisotopic (exact) mass is 218 g/mol. The first-order valence-corrected chi connectivity index (χ1v) is 4.36. The topological polar surface area (TPSA) is 38.7 Å². The predicted molar refractivity (Wildman–Crippen MR) is 50.4 cm³/mol. The van der Waals surface area contributed by atoms with E-state index < -0.39 is 13.0 Å². The average molecular weight is 218 g/mol. The second-order valence-electron chi connectivity index (χ2n) is 2.83. The molecule has 0 heterocycles. The van der Waals surface area contributed by atoms with Crippen molar-refractivity contribution in [3.63, 3.8) is 0 Å². The number of methoxy groups -OCH3 is 1. The molecule has 0 saturated carbocycles. The van der Waals surface area contributed by atoms with Gasteiger partial charge in [-0.1, -0.05) is 0 Å². The van der Waals surface area contributed by atoms with Gasteiger partial charge in [0.1, 0.15) is 18.1 Å². The van der Waals surface area contributed by atoms with Crippen LogP contribution in [0.5, 0.6) is 11.5 Å². The van der Waals surface area contributed by atoms with E-state index in [9.17, 15) is 8.78 Å². The highest BCUT2D eigenvalue weighted by Crippen LogP contribution is 2.24. The highest BCUT2D eigenvalue weighted by atomic mass is 19.3. The summed E-state index contributed by atoms with van der Waals surface area (Å²) in [5, 5.41) is 8.98. The zero-order chi connectivity index (χ0) is 11.3. The highest BCUT2D eigenvalue weighted by Gasteiger charge is 2.08. The summed E-state index contributed by atoms with van der Waals surface area (Å²) in [6, 6.07) is 4.62. The molecule has 1 N–H and O–H groups in total. The summed E-state index contributed by atoms with van der Waals surface area (Å²) in [4.78, 5) is 0. The maximum Gasteiger partial charge on any atom is 0.272 e. The lowest BCUT2D eigenvalue weighted by Crippen LogP contribution is -2.08. The quantitative estimate of drug-likeness (QED) is 0.819. The van der Waals surface area contributed by atoms with Crippen LogP contribution in [0, 0.1) is 0 Å². The Morgan fingerprint density at radius 1 is 1.40 bits per heavy atom. The first-order chi connectivity index (χ1) is 7.17. The SMILES string of the molecule is COc1ccc(OCC(F)F)c(CO)c1. The fraction of sp³-hybridized carbons (Fsp3) is 0.400. The third-order valence-electron chi connectivity index (χ3n) is 1.80. The molecule has 0 aliphatic heterocycles. The second kappa shape index (κ2) is 5.50. The van der Waals surface area contributed by atoms with Crippen LogP contribution in [0.25, 0.3) is 0 Å². The number of hydrogen-bond donors (Lipinski definition) is 1. The molecule has 0 saturated heterocycles. The fourth-order valence-corrected chi connectivity index (χ4v) is 1.10. The van der Waals surface area contributed by atoms with Gasteiger partial charge in [-0.3, -0.25) is 0 Å². The lowest BCUT2D eigenvalue weighted by molar-refractivity contribution is 0.0805. The van der Waals surface area contributed by atoms with Crippen LogP contribution in [0.1, 0.15) is 5.56 Å². The molecule has 0 spiro atoms. The van der Waals surface area contributed by atoms with Gasteiger partial charge < -0.3 is 14.6 Å². The summed E-state index contributed by atoms with van der Waals surface area (Å²) in [5.41, 5.74) is 0.426. The Kier molecular flexibility index (Phi) is 4.30. The van der Waals surface area contributed by atoms with Crippen molar-refractivity contribution in [2.45, 2.75) is 13.0 Å². The van der Waals surface area contributed by atoms with E-state index in [-0.39, 0.29) is 12.4 Å². The lowest BCUT2D eigenvalue weighted by atomic mass is 10.2. The smallest absolute Gasteiger partial charge is 0.272 e. The van der Waals surface area contributed by atoms with Gasteiger partial charge in [-0.2, -0.15) is 0 Å². The molecule has 1 aromatic carbocycles. The van der Waals surface area contributed by atoms with Crippen LogP contribution in [-0.4, -0.2) is 25.2 Å². The van der Waals surface area contributed by atoms with E-state index in [0.717, 1.165) is 0 Å². The molecule has 0 unspecified atom stereocenters. The number of ether oxygens (including phenoxy) is 2. The Hall–Kier alpha value is -1.36. The van der Waals surface area contributed by atoms with Crippen LogP contribution in [0.4, 0.5) is 8.78 Å². The van der Waals surface area contributed by atoms with E-state index >= 15 is 0 Å². The van der Waals surface area contributed by atoms with E-state index in [1.165, 1.54) is 13.2 Å². The van der Waals surface area contributed by atoms with Gasteiger partial charge in [0, 0.05) is 5.56 Å². The van der Waals surface area contributed by atoms with Gasteiger partial charge in [0.25, 0.3) is 6.43 Å². The average Bonchev–Trinajstić information content (AvgIpc) is 2.25. The van der Waals surface area contributed by atoms with Crippen LogP contribution >= 0.6 is 0 Å². The minimum atomic E-state index is -2.53. The Bertz CT molecular complexity index is 316. The first kappa shape index (κ1) is 11.7. The molecular weight excluding hydrogens is 206 g/mol. The van der Waals surface area contributed by atoms with E-state index in [2.05, 4.69) is 0 Å². The minimum Gasteiger partial charge on any atom is -0.497 e. The largest absolute Gasteiger partial charge is 0.497 e. The molecule has 0 bridgehead atoms. The van der Waals surface area contributed by atoms with Crippen molar-refractivity contribution in [1.82, 2.24) is 0 Å². The van der Waals surface area contributed by atoms with Crippen molar-refractivity contribution in [3.05, 3.63) is 23.8 Å². The number of alkyl halides is 2. The van der Waals surface area contributed by atoms with Crippen molar-refractivity contribution >= 4 is 0 Å². The highest BCUT2D eigenvalue weighted by molar-refractivity contribution is 5.39. The number of aliphatic hydroxyl groups excluding tert-OH is 1. The molecule has 5 heteroatoms. The van der Waals surface area contributed by atoms with Gasteiger partial charge in [0.2, 0.25) is 0 Å². The molecule has 0 radical (unpaired) electrons. The second-order valence-corrected chi connectivity index (χ2v) is 2.83. The predicted octanol–water partition coefficient (Wildman–Crippen LogP) is 1.83. The Labute approximate surface area is 86.2 Å². The van der Waals surface area contributed by atoms with Crippen LogP contribution in [0.3, 0.4) is 0 Å². The fourth-order valence-electron chi connectivity index (χ4n) is 1.10. The van der Waals surface area contributed by atoms with Crippen molar-refractivity contribution in [2.24, 2.45) is 0 Å². The molecule has 15 heavy (non-hydrogen) atoms. The van der Waals surface area contributed by atoms with E-state index in [0.29, 0.717) is 11.3 Å². The van der Waals surface area contributed by atoms with E-state index in [1.54, 1.807) is 12.1 Å². The molecule has 0 fully saturated rings. The van der Waals surface area contributed by atoms with Gasteiger partial charge in [0.05, 0.1) is 13.7 Å². The molecule has 1 aromatic rings. The minimum absolute atomic E-state index is 0.249. The van der Waals surface area contributed by atoms with Crippen LogP contribution in [0.2, 0.25) is 0 Å². The molecule has 0 aliphatic rings. The van der Waals surface area contributed by atoms with Gasteiger partial charge in [-0.05, 0) is 18.2 Å². The first-order valence-electron chi connectivity index (χ1n) is 4.36. The van der Waals surface area contributed by atoms with Crippen molar-refractivity contribution in [2.75, 3.05) is 13.7 Å². The van der Waals surface area contributed by atoms with Crippen LogP contribution in [-0.2, 0) is 6.61 Å². The zero-order valence-electron chi connectivity index (χ0n) is 8.24. The zero-order valence-corrected chi connectivity index (χ0v) is 8.24. The maximum atomic E-state index is 11.9. The van der Waals surface area contributed by atoms with E-state index in [4.69, 9.17) is 14.6 Å². The molecule has 84 valence electrons. The number of rotatable bonds is 5. The third-order valence-corrected chi connectivity index (χ3v) is 1.80. The summed E-state index contributed by atoms with van der Waals surface area (Å²) in [5.74, 6) is 0.794.